The molecule has 0 aromatic heterocycles. The van der Waals surface area contributed by atoms with Gasteiger partial charge >= 0.3 is 0 Å². The summed E-state index contributed by atoms with van der Waals surface area (Å²) in [5.41, 5.74) is 4.91. The zero-order valence-electron chi connectivity index (χ0n) is 10.4. The third-order valence-corrected chi connectivity index (χ3v) is 3.50. The molecule has 0 unspecified atom stereocenters. The van der Waals surface area contributed by atoms with Crippen molar-refractivity contribution >= 4 is 11.6 Å². The summed E-state index contributed by atoms with van der Waals surface area (Å²) in [5.74, 6) is -1.83. The number of ether oxygens (including phenoxy) is 1. The maximum atomic E-state index is 13.5. The molecule has 0 spiro atoms. The molecule has 1 fully saturated rings. The summed E-state index contributed by atoms with van der Waals surface area (Å²) in [4.78, 5) is 12.3. The number of rotatable bonds is 3. The van der Waals surface area contributed by atoms with Gasteiger partial charge in [-0.25, -0.2) is 8.78 Å². The molecule has 104 valence electrons. The van der Waals surface area contributed by atoms with Crippen LogP contribution in [0.1, 0.15) is 12.8 Å². The quantitative estimate of drug-likeness (QED) is 0.878. The van der Waals surface area contributed by atoms with Crippen molar-refractivity contribution in [2.24, 2.45) is 11.1 Å². The Bertz CT molecular complexity index is 474. The largest absolute Gasteiger partial charge is 0.381 e. The molecule has 19 heavy (non-hydrogen) atoms. The highest BCUT2D eigenvalue weighted by atomic mass is 19.1. The first kappa shape index (κ1) is 13.9. The Morgan fingerprint density at radius 2 is 2.05 bits per heavy atom. The van der Waals surface area contributed by atoms with Gasteiger partial charge in [-0.05, 0) is 25.0 Å². The summed E-state index contributed by atoms with van der Waals surface area (Å²) in [5, 5.41) is 2.48. The van der Waals surface area contributed by atoms with E-state index in [2.05, 4.69) is 5.32 Å². The number of hydrogen-bond donors (Lipinski definition) is 2. The topological polar surface area (TPSA) is 64.4 Å². The van der Waals surface area contributed by atoms with Gasteiger partial charge in [-0.1, -0.05) is 0 Å². The van der Waals surface area contributed by atoms with Gasteiger partial charge in [-0.2, -0.15) is 0 Å². The molecule has 0 radical (unpaired) electrons. The summed E-state index contributed by atoms with van der Waals surface area (Å²) in [6.07, 6.45) is 0.996. The number of halogens is 2. The highest BCUT2D eigenvalue weighted by Crippen LogP contribution is 2.31. The Balaban J connectivity index is 2.15. The van der Waals surface area contributed by atoms with Crippen LogP contribution in [0.3, 0.4) is 0 Å². The summed E-state index contributed by atoms with van der Waals surface area (Å²) < 4.78 is 31.5. The van der Waals surface area contributed by atoms with Gasteiger partial charge in [0.15, 0.2) is 0 Å². The molecule has 1 aliphatic heterocycles. The van der Waals surface area contributed by atoms with Gasteiger partial charge in [-0.15, -0.1) is 0 Å². The summed E-state index contributed by atoms with van der Waals surface area (Å²) in [6.45, 7) is 1.08. The van der Waals surface area contributed by atoms with E-state index >= 15 is 0 Å². The molecule has 1 saturated heterocycles. The molecule has 1 amide bonds. The Morgan fingerprint density at radius 3 is 2.63 bits per heavy atom. The molecule has 3 N–H and O–H groups in total. The number of carbonyl (C=O) groups is 1. The van der Waals surface area contributed by atoms with E-state index in [1.807, 2.05) is 0 Å². The van der Waals surface area contributed by atoms with E-state index in [0.29, 0.717) is 26.1 Å². The fraction of sp³-hybridized carbons (Fsp3) is 0.462. The van der Waals surface area contributed by atoms with Crippen molar-refractivity contribution in [2.45, 2.75) is 12.8 Å². The highest BCUT2D eigenvalue weighted by Gasteiger charge is 2.39. The van der Waals surface area contributed by atoms with E-state index < -0.39 is 17.0 Å². The average Bonchev–Trinajstić information content (AvgIpc) is 2.42. The Morgan fingerprint density at radius 1 is 1.37 bits per heavy atom. The summed E-state index contributed by atoms with van der Waals surface area (Å²) in [6, 6.07) is 3.03. The van der Waals surface area contributed by atoms with Crippen molar-refractivity contribution in [1.29, 1.82) is 0 Å². The van der Waals surface area contributed by atoms with Crippen LogP contribution in [0.2, 0.25) is 0 Å². The minimum absolute atomic E-state index is 0.0364. The monoisotopic (exact) mass is 270 g/mol. The third kappa shape index (κ3) is 2.90. The first-order chi connectivity index (χ1) is 9.07. The molecule has 0 saturated carbocycles. The van der Waals surface area contributed by atoms with E-state index in [9.17, 15) is 13.6 Å². The lowest BCUT2D eigenvalue weighted by Crippen LogP contribution is -2.46. The number of nitrogens with one attached hydrogen (secondary N) is 1. The van der Waals surface area contributed by atoms with Gasteiger partial charge in [0.1, 0.15) is 11.6 Å². The van der Waals surface area contributed by atoms with Crippen LogP contribution in [0, 0.1) is 17.0 Å². The third-order valence-electron chi connectivity index (χ3n) is 3.50. The lowest BCUT2D eigenvalue weighted by atomic mass is 9.79. The van der Waals surface area contributed by atoms with Crippen molar-refractivity contribution < 1.29 is 18.3 Å². The molecule has 6 heteroatoms. The van der Waals surface area contributed by atoms with Gasteiger partial charge in [-0.3, -0.25) is 4.79 Å². The molecular weight excluding hydrogens is 254 g/mol. The molecular formula is C13H16F2N2O2. The number of hydrogen-bond acceptors (Lipinski definition) is 3. The molecule has 4 nitrogen and oxygen atoms in total. The van der Waals surface area contributed by atoms with Gasteiger partial charge < -0.3 is 15.8 Å². The first-order valence-electron chi connectivity index (χ1n) is 6.12. The van der Waals surface area contributed by atoms with Crippen LogP contribution in [0.15, 0.2) is 18.2 Å². The van der Waals surface area contributed by atoms with Crippen LogP contribution in [0.25, 0.3) is 0 Å². The molecule has 2 rings (SSSR count). The smallest absolute Gasteiger partial charge is 0.232 e. The molecule has 1 aliphatic rings. The maximum Gasteiger partial charge on any atom is 0.232 e. The number of nitrogens with two attached hydrogens (primary N) is 1. The van der Waals surface area contributed by atoms with Gasteiger partial charge in [0.05, 0.1) is 11.1 Å². The second-order valence-corrected chi connectivity index (χ2v) is 4.68. The predicted molar refractivity (Wildman–Crippen MR) is 66.5 cm³/mol. The maximum absolute atomic E-state index is 13.5. The van der Waals surface area contributed by atoms with Crippen LogP contribution in [0.5, 0.6) is 0 Å². The lowest BCUT2D eigenvalue weighted by Gasteiger charge is -2.34. The molecule has 1 aromatic carbocycles. The minimum Gasteiger partial charge on any atom is -0.381 e. The van der Waals surface area contributed by atoms with Crippen molar-refractivity contribution in [3.8, 4) is 0 Å². The molecule has 1 aromatic rings. The number of carbonyl (C=O) groups excluding carboxylic acids is 1. The number of anilines is 1. The fourth-order valence-corrected chi connectivity index (χ4v) is 2.13. The summed E-state index contributed by atoms with van der Waals surface area (Å²) >= 11 is 0. The first-order valence-corrected chi connectivity index (χ1v) is 6.12. The lowest BCUT2D eigenvalue weighted by molar-refractivity contribution is -0.130. The predicted octanol–water partition coefficient (Wildman–Crippen LogP) is 1.66. The van der Waals surface area contributed by atoms with E-state index in [1.165, 1.54) is 6.07 Å². The normalized spacial score (nSPS) is 18.1. The zero-order valence-corrected chi connectivity index (χ0v) is 10.4. The standard InChI is InChI=1S/C13H16F2N2O2/c14-9-1-2-11(10(15)7-9)17-12(18)13(8-16)3-5-19-6-4-13/h1-2,7H,3-6,8,16H2,(H,17,18). The second kappa shape index (κ2) is 5.63. The van der Waals surface area contributed by atoms with E-state index in [4.69, 9.17) is 10.5 Å². The van der Waals surface area contributed by atoms with Crippen molar-refractivity contribution in [1.82, 2.24) is 0 Å². The summed E-state index contributed by atoms with van der Waals surface area (Å²) in [7, 11) is 0. The number of benzene rings is 1. The molecule has 0 bridgehead atoms. The molecule has 1 heterocycles. The van der Waals surface area contributed by atoms with E-state index in [0.717, 1.165) is 12.1 Å². The molecule has 0 aliphatic carbocycles. The minimum atomic E-state index is -0.799. The zero-order chi connectivity index (χ0) is 13.9. The van der Waals surface area contributed by atoms with Gasteiger partial charge in [0.25, 0.3) is 0 Å². The fourth-order valence-electron chi connectivity index (χ4n) is 2.13. The van der Waals surface area contributed by atoms with Crippen molar-refractivity contribution in [3.05, 3.63) is 29.8 Å². The SMILES string of the molecule is NCC1(C(=O)Nc2ccc(F)cc2F)CCOCC1. The van der Waals surface area contributed by atoms with Crippen LogP contribution >= 0.6 is 0 Å². The van der Waals surface area contributed by atoms with Crippen molar-refractivity contribution in [2.75, 3.05) is 25.1 Å². The van der Waals surface area contributed by atoms with Crippen LogP contribution in [0.4, 0.5) is 14.5 Å². The molecule has 0 atom stereocenters. The Labute approximate surface area is 109 Å². The van der Waals surface area contributed by atoms with Gasteiger partial charge in [0.2, 0.25) is 5.91 Å². The van der Waals surface area contributed by atoms with E-state index in [-0.39, 0.29) is 18.1 Å². The number of amides is 1. The second-order valence-electron chi connectivity index (χ2n) is 4.68. The van der Waals surface area contributed by atoms with Crippen LogP contribution in [-0.2, 0) is 9.53 Å². The van der Waals surface area contributed by atoms with Crippen LogP contribution in [-0.4, -0.2) is 25.7 Å². The van der Waals surface area contributed by atoms with E-state index in [1.54, 1.807) is 0 Å². The Kier molecular flexibility index (Phi) is 4.11. The van der Waals surface area contributed by atoms with Gasteiger partial charge in [0, 0.05) is 25.8 Å². The Hall–Kier alpha value is -1.53. The highest BCUT2D eigenvalue weighted by molar-refractivity contribution is 5.95. The average molecular weight is 270 g/mol. The van der Waals surface area contributed by atoms with Crippen LogP contribution < -0.4 is 11.1 Å². The van der Waals surface area contributed by atoms with Crippen molar-refractivity contribution in [3.63, 3.8) is 0 Å².